The number of aromatic nitrogens is 1. The average Bonchev–Trinajstić information content (AvgIpc) is 2.87. The lowest BCUT2D eigenvalue weighted by molar-refractivity contribution is 0.153. The molecule has 1 spiro atoms. The van der Waals surface area contributed by atoms with Crippen LogP contribution in [0.1, 0.15) is 11.1 Å². The van der Waals surface area contributed by atoms with Crippen LogP contribution in [0.4, 0.5) is 0 Å². The number of fused-ring (bicyclic) bond motifs is 1. The van der Waals surface area contributed by atoms with Gasteiger partial charge in [-0.2, -0.15) is 0 Å². The van der Waals surface area contributed by atoms with Gasteiger partial charge in [-0.15, -0.1) is 0 Å². The van der Waals surface area contributed by atoms with Crippen molar-refractivity contribution in [2.24, 2.45) is 10.7 Å². The van der Waals surface area contributed by atoms with Crippen molar-refractivity contribution in [2.75, 3.05) is 13.2 Å². The number of ether oxygens (including phenoxy) is 2. The van der Waals surface area contributed by atoms with Crippen molar-refractivity contribution < 1.29 is 9.47 Å². The predicted octanol–water partition coefficient (Wildman–Crippen LogP) is 2.08. The Bertz CT molecular complexity index is 772. The molecule has 0 bridgehead atoms. The minimum Gasteiger partial charge on any atom is -0.491 e. The highest BCUT2D eigenvalue weighted by Gasteiger charge is 2.41. The molecule has 112 valence electrons. The molecule has 1 atom stereocenters. The summed E-state index contributed by atoms with van der Waals surface area (Å²) in [5, 5.41) is 0. The zero-order chi connectivity index (χ0) is 15.2. The Morgan fingerprint density at radius 2 is 1.95 bits per heavy atom. The maximum absolute atomic E-state index is 5.87. The van der Waals surface area contributed by atoms with Gasteiger partial charge in [0.1, 0.15) is 24.5 Å². The van der Waals surface area contributed by atoms with Gasteiger partial charge in [0.05, 0.1) is 0 Å². The van der Waals surface area contributed by atoms with E-state index in [1.54, 1.807) is 0 Å². The third kappa shape index (κ3) is 2.19. The van der Waals surface area contributed by atoms with E-state index >= 15 is 0 Å². The number of nitrogens with two attached hydrogens (primary N) is 1. The van der Waals surface area contributed by atoms with Crippen molar-refractivity contribution in [3.63, 3.8) is 0 Å². The number of hydrogen-bond donors (Lipinski definition) is 1. The predicted molar refractivity (Wildman–Crippen MR) is 83.9 cm³/mol. The minimum atomic E-state index is -0.374. The van der Waals surface area contributed by atoms with Crippen LogP contribution in [-0.4, -0.2) is 29.8 Å². The number of pyridine rings is 1. The van der Waals surface area contributed by atoms with Crippen LogP contribution in [0.25, 0.3) is 11.1 Å². The van der Waals surface area contributed by atoms with E-state index in [0.29, 0.717) is 13.2 Å². The van der Waals surface area contributed by atoms with Crippen molar-refractivity contribution in [1.29, 1.82) is 0 Å². The maximum atomic E-state index is 5.87. The number of benzene rings is 1. The summed E-state index contributed by atoms with van der Waals surface area (Å²) in [5.41, 5.74) is 9.80. The monoisotopic (exact) mass is 295 g/mol. The number of aryl methyl sites for hydroxylation is 1. The van der Waals surface area contributed by atoms with Gasteiger partial charge in [0.15, 0.2) is 0 Å². The van der Waals surface area contributed by atoms with Gasteiger partial charge in [-0.3, -0.25) is 4.98 Å². The second-order valence-corrected chi connectivity index (χ2v) is 6.00. The molecule has 0 radical (unpaired) electrons. The summed E-state index contributed by atoms with van der Waals surface area (Å²) in [5.74, 6) is 0.913. The molecule has 0 amide bonds. The van der Waals surface area contributed by atoms with Crippen molar-refractivity contribution in [2.45, 2.75) is 18.9 Å². The largest absolute Gasteiger partial charge is 0.491 e. The first-order valence-corrected chi connectivity index (χ1v) is 7.29. The first-order valence-electron chi connectivity index (χ1n) is 7.29. The van der Waals surface area contributed by atoms with Crippen LogP contribution < -0.4 is 10.5 Å². The van der Waals surface area contributed by atoms with Gasteiger partial charge in [0.2, 0.25) is 0 Å². The third-order valence-corrected chi connectivity index (χ3v) is 4.12. The Morgan fingerprint density at radius 3 is 2.73 bits per heavy atom. The Balaban J connectivity index is 1.71. The van der Waals surface area contributed by atoms with E-state index < -0.39 is 0 Å². The van der Waals surface area contributed by atoms with Crippen LogP contribution in [0.2, 0.25) is 0 Å². The van der Waals surface area contributed by atoms with Gasteiger partial charge in [-0.1, -0.05) is 6.07 Å². The molecule has 1 aromatic heterocycles. The number of rotatable bonds is 1. The van der Waals surface area contributed by atoms with Crippen LogP contribution in [-0.2, 0) is 11.2 Å². The van der Waals surface area contributed by atoms with Gasteiger partial charge >= 0.3 is 0 Å². The molecule has 0 saturated carbocycles. The molecular formula is C17H17N3O2. The van der Waals surface area contributed by atoms with Crippen molar-refractivity contribution in [3.8, 4) is 16.9 Å². The topological polar surface area (TPSA) is 69.7 Å². The van der Waals surface area contributed by atoms with E-state index in [1.807, 2.05) is 25.4 Å². The Kier molecular flexibility index (Phi) is 2.82. The molecule has 2 aliphatic rings. The summed E-state index contributed by atoms with van der Waals surface area (Å²) in [6.45, 7) is 3.03. The molecule has 2 N–H and O–H groups in total. The number of aliphatic imine (C=N–C) groups is 1. The van der Waals surface area contributed by atoms with Crippen LogP contribution in [0, 0.1) is 6.92 Å². The molecular weight excluding hydrogens is 278 g/mol. The highest BCUT2D eigenvalue weighted by atomic mass is 16.5. The first-order chi connectivity index (χ1) is 10.6. The SMILES string of the molecule is Cc1cncc(-c2ccc3c(c2)CC2(COC(N)=N2)CO3)c1. The molecule has 22 heavy (non-hydrogen) atoms. The fraction of sp³-hybridized carbons (Fsp3) is 0.294. The quantitative estimate of drug-likeness (QED) is 0.874. The average molecular weight is 295 g/mol. The summed E-state index contributed by atoms with van der Waals surface area (Å²) < 4.78 is 11.2. The summed E-state index contributed by atoms with van der Waals surface area (Å²) >= 11 is 0. The van der Waals surface area contributed by atoms with Gasteiger partial charge in [-0.05, 0) is 41.8 Å². The number of hydrogen-bond acceptors (Lipinski definition) is 5. The zero-order valence-corrected chi connectivity index (χ0v) is 12.4. The molecule has 1 unspecified atom stereocenters. The van der Waals surface area contributed by atoms with E-state index in [0.717, 1.165) is 34.4 Å². The van der Waals surface area contributed by atoms with E-state index in [1.165, 1.54) is 0 Å². The fourth-order valence-corrected chi connectivity index (χ4v) is 3.04. The minimum absolute atomic E-state index is 0.256. The lowest BCUT2D eigenvalue weighted by Crippen LogP contribution is -2.41. The summed E-state index contributed by atoms with van der Waals surface area (Å²) in [6.07, 6.45) is 4.51. The van der Waals surface area contributed by atoms with Gasteiger partial charge in [-0.25, -0.2) is 4.99 Å². The van der Waals surface area contributed by atoms with E-state index in [9.17, 15) is 0 Å². The summed E-state index contributed by atoms with van der Waals surface area (Å²) in [6, 6.07) is 8.62. The molecule has 0 fully saturated rings. The second-order valence-electron chi connectivity index (χ2n) is 6.00. The Hall–Kier alpha value is -2.56. The standard InChI is InChI=1S/C17H17N3O2/c1-11-4-14(8-19-7-11)12-2-3-15-13(5-12)6-17(9-21-15)10-22-16(18)20-17/h2-5,7-8H,6,9-10H2,1H3,(H2,18,20). The van der Waals surface area contributed by atoms with Crippen molar-refractivity contribution in [1.82, 2.24) is 4.98 Å². The fourth-order valence-electron chi connectivity index (χ4n) is 3.04. The second kappa shape index (κ2) is 4.73. The van der Waals surface area contributed by atoms with Gasteiger partial charge in [0.25, 0.3) is 6.02 Å². The summed E-state index contributed by atoms with van der Waals surface area (Å²) in [4.78, 5) is 8.69. The number of nitrogens with zero attached hydrogens (tertiary/aromatic N) is 2. The highest BCUT2D eigenvalue weighted by molar-refractivity contribution is 5.74. The molecule has 5 heteroatoms. The van der Waals surface area contributed by atoms with Gasteiger partial charge in [0, 0.05) is 24.4 Å². The first kappa shape index (κ1) is 13.1. The molecule has 0 saturated heterocycles. The third-order valence-electron chi connectivity index (χ3n) is 4.12. The number of amidine groups is 1. The molecule has 5 nitrogen and oxygen atoms in total. The Morgan fingerprint density at radius 1 is 1.09 bits per heavy atom. The van der Waals surface area contributed by atoms with Crippen LogP contribution in [0.3, 0.4) is 0 Å². The van der Waals surface area contributed by atoms with Crippen LogP contribution in [0.15, 0.2) is 41.7 Å². The van der Waals surface area contributed by atoms with Gasteiger partial charge < -0.3 is 15.2 Å². The van der Waals surface area contributed by atoms with E-state index in [2.05, 4.69) is 28.2 Å². The maximum Gasteiger partial charge on any atom is 0.282 e. The molecule has 2 aliphatic heterocycles. The highest BCUT2D eigenvalue weighted by Crippen LogP contribution is 2.36. The summed E-state index contributed by atoms with van der Waals surface area (Å²) in [7, 11) is 0. The zero-order valence-electron chi connectivity index (χ0n) is 12.4. The molecule has 3 heterocycles. The normalized spacial score (nSPS) is 22.7. The van der Waals surface area contributed by atoms with E-state index in [4.69, 9.17) is 15.2 Å². The molecule has 1 aromatic carbocycles. The molecule has 2 aromatic rings. The van der Waals surface area contributed by atoms with Crippen LogP contribution in [0.5, 0.6) is 5.75 Å². The lowest BCUT2D eigenvalue weighted by Gasteiger charge is -2.30. The Labute approximate surface area is 128 Å². The van der Waals surface area contributed by atoms with Crippen molar-refractivity contribution in [3.05, 3.63) is 47.8 Å². The van der Waals surface area contributed by atoms with Crippen LogP contribution >= 0.6 is 0 Å². The smallest absolute Gasteiger partial charge is 0.282 e. The van der Waals surface area contributed by atoms with E-state index in [-0.39, 0.29) is 11.6 Å². The molecule has 4 rings (SSSR count). The lowest BCUT2D eigenvalue weighted by atomic mass is 9.89. The van der Waals surface area contributed by atoms with Crippen molar-refractivity contribution >= 4 is 6.02 Å². The molecule has 0 aliphatic carbocycles.